The maximum atomic E-state index is 2.56. The Labute approximate surface area is 89.4 Å². The fourth-order valence-corrected chi connectivity index (χ4v) is 2.32. The lowest BCUT2D eigenvalue weighted by Crippen LogP contribution is -2.43. The van der Waals surface area contributed by atoms with Crippen LogP contribution in [0.15, 0.2) is 0 Å². The second-order valence-corrected chi connectivity index (χ2v) is 5.61. The van der Waals surface area contributed by atoms with Crippen molar-refractivity contribution < 1.29 is 0 Å². The minimum Gasteiger partial charge on any atom is -0.306 e. The van der Waals surface area contributed by atoms with Crippen molar-refractivity contribution in [2.24, 2.45) is 0 Å². The van der Waals surface area contributed by atoms with Crippen LogP contribution in [0.1, 0.15) is 19.8 Å². The van der Waals surface area contributed by atoms with Crippen LogP contribution in [-0.2, 0) is 0 Å². The zero-order valence-corrected chi connectivity index (χ0v) is 10.4. The summed E-state index contributed by atoms with van der Waals surface area (Å²) in [6, 6.07) is 0.816. The van der Waals surface area contributed by atoms with Crippen molar-refractivity contribution in [3.63, 3.8) is 0 Å². The van der Waals surface area contributed by atoms with E-state index < -0.39 is 0 Å². The standard InChI is InChI=1S/C9H19IN2/c1-8(10)12-6-4-9(5-7-12)11(2)3/h8-9H,4-7H2,1-3H3. The summed E-state index contributed by atoms with van der Waals surface area (Å²) >= 11 is 2.50. The molecule has 1 atom stereocenters. The average molecular weight is 282 g/mol. The van der Waals surface area contributed by atoms with Gasteiger partial charge in [-0.2, -0.15) is 0 Å². The molecule has 0 saturated carbocycles. The van der Waals surface area contributed by atoms with Crippen LogP contribution in [-0.4, -0.2) is 47.1 Å². The second-order valence-electron chi connectivity index (χ2n) is 3.80. The molecule has 1 rings (SSSR count). The van der Waals surface area contributed by atoms with Crippen molar-refractivity contribution in [2.75, 3.05) is 27.2 Å². The quantitative estimate of drug-likeness (QED) is 0.433. The van der Waals surface area contributed by atoms with E-state index in [1.807, 2.05) is 0 Å². The number of hydrogen-bond acceptors (Lipinski definition) is 2. The van der Waals surface area contributed by atoms with E-state index in [2.05, 4.69) is 53.4 Å². The molecule has 0 aromatic heterocycles. The summed E-state index contributed by atoms with van der Waals surface area (Å²) in [5.41, 5.74) is 0. The molecule has 0 radical (unpaired) electrons. The average Bonchev–Trinajstić information content (AvgIpc) is 2.04. The van der Waals surface area contributed by atoms with E-state index in [0.717, 1.165) is 6.04 Å². The van der Waals surface area contributed by atoms with Gasteiger partial charge in [0.25, 0.3) is 0 Å². The van der Waals surface area contributed by atoms with Crippen molar-refractivity contribution in [2.45, 2.75) is 29.9 Å². The number of rotatable bonds is 2. The van der Waals surface area contributed by atoms with Crippen LogP contribution in [0.25, 0.3) is 0 Å². The van der Waals surface area contributed by atoms with E-state index in [4.69, 9.17) is 0 Å². The molecule has 3 heteroatoms. The topological polar surface area (TPSA) is 6.48 Å². The van der Waals surface area contributed by atoms with Gasteiger partial charge in [0, 0.05) is 19.1 Å². The van der Waals surface area contributed by atoms with Crippen LogP contribution in [0.3, 0.4) is 0 Å². The molecule has 0 bridgehead atoms. The number of hydrogen-bond donors (Lipinski definition) is 0. The molecule has 0 aromatic carbocycles. The van der Waals surface area contributed by atoms with Crippen LogP contribution in [0, 0.1) is 0 Å². The zero-order valence-electron chi connectivity index (χ0n) is 8.26. The van der Waals surface area contributed by atoms with E-state index >= 15 is 0 Å². The third-order valence-electron chi connectivity index (χ3n) is 2.73. The van der Waals surface area contributed by atoms with E-state index in [1.54, 1.807) is 0 Å². The Hall–Kier alpha value is 0.650. The van der Waals surface area contributed by atoms with Gasteiger partial charge in [0.05, 0.1) is 4.05 Å². The molecule has 1 fully saturated rings. The van der Waals surface area contributed by atoms with Gasteiger partial charge in [-0.05, 0) is 33.9 Å². The van der Waals surface area contributed by atoms with Crippen molar-refractivity contribution in [3.05, 3.63) is 0 Å². The second kappa shape index (κ2) is 4.77. The Morgan fingerprint density at radius 1 is 1.33 bits per heavy atom. The highest BCUT2D eigenvalue weighted by atomic mass is 127. The third-order valence-corrected chi connectivity index (χ3v) is 3.52. The van der Waals surface area contributed by atoms with Gasteiger partial charge in [0.2, 0.25) is 0 Å². The molecule has 0 spiro atoms. The first-order chi connectivity index (χ1) is 5.61. The monoisotopic (exact) mass is 282 g/mol. The van der Waals surface area contributed by atoms with Gasteiger partial charge in [-0.15, -0.1) is 0 Å². The Balaban J connectivity index is 2.30. The molecule has 0 N–H and O–H groups in total. The van der Waals surface area contributed by atoms with Crippen LogP contribution in [0.2, 0.25) is 0 Å². The van der Waals surface area contributed by atoms with E-state index in [-0.39, 0.29) is 0 Å². The molecule has 0 aliphatic carbocycles. The molecule has 0 aromatic rings. The Morgan fingerprint density at radius 2 is 1.83 bits per heavy atom. The molecule has 1 unspecified atom stereocenters. The normalized spacial score (nSPS) is 24.8. The summed E-state index contributed by atoms with van der Waals surface area (Å²) in [6.45, 7) is 4.82. The van der Waals surface area contributed by atoms with Crippen LogP contribution in [0.4, 0.5) is 0 Å². The minimum absolute atomic E-state index is 0.700. The molecule has 0 amide bonds. The summed E-state index contributed by atoms with van der Waals surface area (Å²) in [5.74, 6) is 0. The Kier molecular flexibility index (Phi) is 4.26. The highest BCUT2D eigenvalue weighted by Crippen LogP contribution is 2.18. The van der Waals surface area contributed by atoms with Crippen molar-refractivity contribution in [1.29, 1.82) is 0 Å². The van der Waals surface area contributed by atoms with E-state index in [9.17, 15) is 0 Å². The molecule has 1 saturated heterocycles. The number of alkyl halides is 1. The number of likely N-dealkylation sites (tertiary alicyclic amines) is 1. The van der Waals surface area contributed by atoms with Gasteiger partial charge in [-0.3, -0.25) is 4.90 Å². The molecule has 12 heavy (non-hydrogen) atoms. The molecular formula is C9H19IN2. The molecular weight excluding hydrogens is 263 g/mol. The smallest absolute Gasteiger partial charge is 0.0589 e. The third kappa shape index (κ3) is 2.85. The fourth-order valence-electron chi connectivity index (χ4n) is 1.76. The summed E-state index contributed by atoms with van der Waals surface area (Å²) in [5, 5.41) is 0. The molecule has 1 aliphatic heterocycles. The highest BCUT2D eigenvalue weighted by molar-refractivity contribution is 14.1. The van der Waals surface area contributed by atoms with E-state index in [0.29, 0.717) is 4.05 Å². The molecule has 1 heterocycles. The van der Waals surface area contributed by atoms with Gasteiger partial charge in [-0.1, -0.05) is 22.6 Å². The maximum absolute atomic E-state index is 2.56. The largest absolute Gasteiger partial charge is 0.306 e. The Morgan fingerprint density at radius 3 is 2.17 bits per heavy atom. The lowest BCUT2D eigenvalue weighted by atomic mass is 10.0. The van der Waals surface area contributed by atoms with Crippen molar-refractivity contribution >= 4 is 22.6 Å². The predicted octanol–water partition coefficient (Wildman–Crippen LogP) is 1.79. The lowest BCUT2D eigenvalue weighted by molar-refractivity contribution is 0.145. The summed E-state index contributed by atoms with van der Waals surface area (Å²) in [4.78, 5) is 4.91. The summed E-state index contributed by atoms with van der Waals surface area (Å²) < 4.78 is 0.700. The SMILES string of the molecule is CC(I)N1CCC(N(C)C)CC1. The van der Waals surface area contributed by atoms with Gasteiger partial charge < -0.3 is 4.90 Å². The summed E-state index contributed by atoms with van der Waals surface area (Å²) in [7, 11) is 4.38. The summed E-state index contributed by atoms with van der Waals surface area (Å²) in [6.07, 6.45) is 2.67. The fraction of sp³-hybridized carbons (Fsp3) is 1.00. The first-order valence-corrected chi connectivity index (χ1v) is 5.90. The maximum Gasteiger partial charge on any atom is 0.0589 e. The van der Waals surface area contributed by atoms with Crippen molar-refractivity contribution in [1.82, 2.24) is 9.80 Å². The Bertz CT molecular complexity index is 112. The van der Waals surface area contributed by atoms with Crippen LogP contribution >= 0.6 is 22.6 Å². The van der Waals surface area contributed by atoms with Gasteiger partial charge in [-0.25, -0.2) is 0 Å². The molecule has 2 nitrogen and oxygen atoms in total. The molecule has 1 aliphatic rings. The lowest BCUT2D eigenvalue weighted by Gasteiger charge is -2.36. The minimum atomic E-state index is 0.700. The number of nitrogens with zero attached hydrogens (tertiary/aromatic N) is 2. The predicted molar refractivity (Wildman–Crippen MR) is 61.8 cm³/mol. The van der Waals surface area contributed by atoms with Gasteiger partial charge >= 0.3 is 0 Å². The van der Waals surface area contributed by atoms with Crippen LogP contribution < -0.4 is 0 Å². The van der Waals surface area contributed by atoms with Gasteiger partial charge in [0.1, 0.15) is 0 Å². The first kappa shape index (κ1) is 10.7. The van der Waals surface area contributed by atoms with Crippen LogP contribution in [0.5, 0.6) is 0 Å². The zero-order chi connectivity index (χ0) is 9.14. The highest BCUT2D eigenvalue weighted by Gasteiger charge is 2.22. The first-order valence-electron chi connectivity index (χ1n) is 4.66. The van der Waals surface area contributed by atoms with Crippen molar-refractivity contribution in [3.8, 4) is 0 Å². The van der Waals surface area contributed by atoms with E-state index in [1.165, 1.54) is 25.9 Å². The number of halogens is 1. The number of piperidine rings is 1. The van der Waals surface area contributed by atoms with Gasteiger partial charge in [0.15, 0.2) is 0 Å². The molecule has 72 valence electrons.